The van der Waals surface area contributed by atoms with E-state index in [0.29, 0.717) is 29.6 Å². The van der Waals surface area contributed by atoms with E-state index in [-0.39, 0.29) is 11.8 Å². The second-order valence-electron chi connectivity index (χ2n) is 11.0. The summed E-state index contributed by atoms with van der Waals surface area (Å²) in [7, 11) is 0. The van der Waals surface area contributed by atoms with Crippen LogP contribution >= 0.6 is 23.2 Å². The topological polar surface area (TPSA) is 83.1 Å². The maximum atomic E-state index is 12.3. The van der Waals surface area contributed by atoms with Gasteiger partial charge in [0.25, 0.3) is 0 Å². The number of piperazine rings is 1. The van der Waals surface area contributed by atoms with Gasteiger partial charge in [0.05, 0.1) is 22.3 Å². The highest BCUT2D eigenvalue weighted by molar-refractivity contribution is 6.43. The molecule has 2 aromatic carbocycles. The zero-order chi connectivity index (χ0) is 28.0. The standard InChI is InChI=1S/C29H38Cl2N4O4/c1-29(2,3)39-28(37)32-19-20-17-26(36)33-24-18-21(9-10-22(20)24)38-16-5-4-11-34-12-14-35(15-13-34)25-8-6-7-23(30)27(25)31/h6-10,18,20H,4-5,11-17,19H2,1-3H3,(H,32,37)(H,33,36). The molecule has 39 heavy (non-hydrogen) atoms. The van der Waals surface area contributed by atoms with Gasteiger partial charge < -0.3 is 25.0 Å². The summed E-state index contributed by atoms with van der Waals surface area (Å²) < 4.78 is 11.3. The van der Waals surface area contributed by atoms with Crippen molar-refractivity contribution in [3.05, 3.63) is 52.0 Å². The molecule has 0 saturated carbocycles. The van der Waals surface area contributed by atoms with Gasteiger partial charge in [-0.3, -0.25) is 9.69 Å². The lowest BCUT2D eigenvalue weighted by atomic mass is 9.90. The van der Waals surface area contributed by atoms with Crippen LogP contribution in [0.3, 0.4) is 0 Å². The fourth-order valence-corrected chi connectivity index (χ4v) is 5.32. The summed E-state index contributed by atoms with van der Waals surface area (Å²) in [5.41, 5.74) is 2.15. The zero-order valence-electron chi connectivity index (χ0n) is 22.9. The molecule has 0 aliphatic carbocycles. The molecular weight excluding hydrogens is 539 g/mol. The van der Waals surface area contributed by atoms with E-state index in [9.17, 15) is 9.59 Å². The predicted octanol–water partition coefficient (Wildman–Crippen LogP) is 5.93. The number of nitrogens with zero attached hydrogens (tertiary/aromatic N) is 2. The van der Waals surface area contributed by atoms with E-state index >= 15 is 0 Å². The number of carbonyl (C=O) groups is 2. The first-order valence-corrected chi connectivity index (χ1v) is 14.3. The number of benzene rings is 2. The summed E-state index contributed by atoms with van der Waals surface area (Å²) in [6, 6.07) is 11.5. The number of unbranched alkanes of at least 4 members (excludes halogenated alkanes) is 1. The zero-order valence-corrected chi connectivity index (χ0v) is 24.4. The number of fused-ring (bicyclic) bond motifs is 1. The molecule has 0 bridgehead atoms. The molecule has 2 N–H and O–H groups in total. The van der Waals surface area contributed by atoms with Crippen molar-refractivity contribution in [3.8, 4) is 5.75 Å². The Bertz CT molecular complexity index is 1160. The molecule has 1 fully saturated rings. The van der Waals surface area contributed by atoms with Crippen molar-refractivity contribution in [1.82, 2.24) is 10.2 Å². The second kappa shape index (κ2) is 13.1. The van der Waals surface area contributed by atoms with E-state index < -0.39 is 11.7 Å². The van der Waals surface area contributed by atoms with Gasteiger partial charge in [-0.15, -0.1) is 0 Å². The van der Waals surface area contributed by atoms with E-state index in [2.05, 4.69) is 20.4 Å². The van der Waals surface area contributed by atoms with Gasteiger partial charge in [0.2, 0.25) is 5.91 Å². The number of hydrogen-bond acceptors (Lipinski definition) is 6. The molecule has 8 nitrogen and oxygen atoms in total. The predicted molar refractivity (Wildman–Crippen MR) is 157 cm³/mol. The number of halogens is 2. The lowest BCUT2D eigenvalue weighted by molar-refractivity contribution is -0.116. The van der Waals surface area contributed by atoms with Crippen molar-refractivity contribution in [2.24, 2.45) is 0 Å². The van der Waals surface area contributed by atoms with Crippen molar-refractivity contribution < 1.29 is 19.1 Å². The first kappa shape index (κ1) is 29.3. The Morgan fingerprint density at radius 1 is 1.10 bits per heavy atom. The molecule has 212 valence electrons. The molecule has 4 rings (SSSR count). The third kappa shape index (κ3) is 8.40. The summed E-state index contributed by atoms with van der Waals surface area (Å²) in [6.07, 6.45) is 1.80. The number of nitrogens with one attached hydrogen (secondary N) is 2. The quantitative estimate of drug-likeness (QED) is 0.360. The van der Waals surface area contributed by atoms with Crippen LogP contribution in [0, 0.1) is 0 Å². The van der Waals surface area contributed by atoms with Crippen LogP contribution in [-0.4, -0.2) is 68.4 Å². The maximum Gasteiger partial charge on any atom is 0.407 e. The van der Waals surface area contributed by atoms with Gasteiger partial charge in [-0.1, -0.05) is 35.3 Å². The van der Waals surface area contributed by atoms with E-state index in [1.54, 1.807) is 0 Å². The van der Waals surface area contributed by atoms with Crippen molar-refractivity contribution in [2.75, 3.05) is 56.1 Å². The monoisotopic (exact) mass is 576 g/mol. The van der Waals surface area contributed by atoms with Gasteiger partial charge >= 0.3 is 6.09 Å². The molecule has 2 aliphatic heterocycles. The molecule has 2 aliphatic rings. The average Bonchev–Trinajstić information content (AvgIpc) is 2.88. The highest BCUT2D eigenvalue weighted by Gasteiger charge is 2.27. The molecule has 0 radical (unpaired) electrons. The summed E-state index contributed by atoms with van der Waals surface area (Å²) >= 11 is 12.6. The molecule has 1 atom stereocenters. The molecule has 0 aromatic heterocycles. The lowest BCUT2D eigenvalue weighted by Gasteiger charge is -2.36. The smallest absolute Gasteiger partial charge is 0.407 e. The number of carbonyl (C=O) groups excluding carboxylic acids is 2. The summed E-state index contributed by atoms with van der Waals surface area (Å²) in [4.78, 5) is 29.1. The van der Waals surface area contributed by atoms with Crippen LogP contribution in [-0.2, 0) is 9.53 Å². The third-order valence-corrected chi connectivity index (χ3v) is 7.65. The molecule has 0 spiro atoms. The van der Waals surface area contributed by atoms with Crippen LogP contribution < -0.4 is 20.3 Å². The summed E-state index contributed by atoms with van der Waals surface area (Å²) in [5, 5.41) is 6.93. The van der Waals surface area contributed by atoms with E-state index in [1.165, 1.54) is 0 Å². The van der Waals surface area contributed by atoms with Crippen molar-refractivity contribution in [3.63, 3.8) is 0 Å². The van der Waals surface area contributed by atoms with Crippen molar-refractivity contribution in [1.29, 1.82) is 0 Å². The molecule has 2 aromatic rings. The maximum absolute atomic E-state index is 12.3. The van der Waals surface area contributed by atoms with Gasteiger partial charge in [0.15, 0.2) is 0 Å². The number of amides is 2. The van der Waals surface area contributed by atoms with Crippen LogP contribution in [0.2, 0.25) is 10.0 Å². The van der Waals surface area contributed by atoms with Crippen LogP contribution in [0.4, 0.5) is 16.2 Å². The first-order valence-electron chi connectivity index (χ1n) is 13.5. The number of alkyl carbamates (subject to hydrolysis) is 1. The largest absolute Gasteiger partial charge is 0.494 e. The minimum absolute atomic E-state index is 0.0756. The third-order valence-electron chi connectivity index (χ3n) is 6.84. The highest BCUT2D eigenvalue weighted by atomic mass is 35.5. The number of rotatable bonds is 9. The van der Waals surface area contributed by atoms with Crippen LogP contribution in [0.15, 0.2) is 36.4 Å². The fraction of sp³-hybridized carbons (Fsp3) is 0.517. The van der Waals surface area contributed by atoms with Gasteiger partial charge in [0.1, 0.15) is 11.4 Å². The van der Waals surface area contributed by atoms with E-state index in [1.807, 2.05) is 57.2 Å². The Labute approximate surface area is 240 Å². The number of hydrogen-bond donors (Lipinski definition) is 2. The molecule has 1 unspecified atom stereocenters. The van der Waals surface area contributed by atoms with E-state index in [0.717, 1.165) is 68.3 Å². The summed E-state index contributed by atoms with van der Waals surface area (Å²) in [5.74, 6) is 0.529. The SMILES string of the molecule is CC(C)(C)OC(=O)NCC1CC(=O)Nc2cc(OCCCCN3CCN(c4cccc(Cl)c4Cl)CC3)ccc21. The lowest BCUT2D eigenvalue weighted by Crippen LogP contribution is -2.46. The molecule has 10 heteroatoms. The van der Waals surface area contributed by atoms with Crippen molar-refractivity contribution in [2.45, 2.75) is 51.6 Å². The van der Waals surface area contributed by atoms with Gasteiger partial charge in [0, 0.05) is 56.8 Å². The molecular formula is C29H38Cl2N4O4. The number of anilines is 2. The number of ether oxygens (including phenoxy) is 2. The Kier molecular flexibility index (Phi) is 9.86. The average molecular weight is 578 g/mol. The first-order chi connectivity index (χ1) is 18.6. The van der Waals surface area contributed by atoms with Crippen LogP contribution in [0.25, 0.3) is 0 Å². The summed E-state index contributed by atoms with van der Waals surface area (Å²) in [6.45, 7) is 11.2. The normalized spacial score (nSPS) is 17.8. The fourth-order valence-electron chi connectivity index (χ4n) is 4.90. The molecule has 2 amide bonds. The van der Waals surface area contributed by atoms with E-state index in [4.69, 9.17) is 32.7 Å². The van der Waals surface area contributed by atoms with Crippen molar-refractivity contribution >= 4 is 46.6 Å². The highest BCUT2D eigenvalue weighted by Crippen LogP contribution is 2.35. The van der Waals surface area contributed by atoms with Gasteiger partial charge in [-0.05, 0) is 63.9 Å². The molecule has 1 saturated heterocycles. The Balaban J connectivity index is 1.18. The molecule has 2 heterocycles. The van der Waals surface area contributed by atoms with Gasteiger partial charge in [-0.2, -0.15) is 0 Å². The van der Waals surface area contributed by atoms with Crippen LogP contribution in [0.1, 0.15) is 51.5 Å². The Morgan fingerprint density at radius 3 is 2.62 bits per heavy atom. The Morgan fingerprint density at radius 2 is 1.87 bits per heavy atom. The second-order valence-corrected chi connectivity index (χ2v) is 11.8. The Hall–Kier alpha value is -2.68. The van der Waals surface area contributed by atoms with Gasteiger partial charge in [-0.25, -0.2) is 4.79 Å². The minimum atomic E-state index is -0.570. The van der Waals surface area contributed by atoms with Crippen LogP contribution in [0.5, 0.6) is 5.75 Å². The minimum Gasteiger partial charge on any atom is -0.494 e.